The van der Waals surface area contributed by atoms with Gasteiger partial charge in [-0.1, -0.05) is 28.9 Å². The number of pyridine rings is 1. The first-order chi connectivity index (χ1) is 8.20. The lowest BCUT2D eigenvalue weighted by Crippen LogP contribution is -2.32. The molecule has 2 atom stereocenters. The monoisotopic (exact) mass is 295 g/mol. The van der Waals surface area contributed by atoms with Gasteiger partial charge in [0, 0.05) is 30.3 Å². The van der Waals surface area contributed by atoms with E-state index in [1.165, 1.54) is 0 Å². The highest BCUT2D eigenvalue weighted by Crippen LogP contribution is 2.08. The van der Waals surface area contributed by atoms with E-state index in [1.54, 1.807) is 0 Å². The Hall–Kier alpha value is -0.870. The quantitative estimate of drug-likeness (QED) is 0.860. The molecule has 1 N–H and O–H groups in total. The molecule has 0 saturated heterocycles. The van der Waals surface area contributed by atoms with Crippen LogP contribution in [0.15, 0.2) is 30.6 Å². The van der Waals surface area contributed by atoms with Gasteiger partial charge in [0.25, 0.3) is 0 Å². The average molecular weight is 296 g/mol. The maximum absolute atomic E-state index is 4.56. The van der Waals surface area contributed by atoms with Crippen molar-refractivity contribution in [3.05, 3.63) is 36.3 Å². The lowest BCUT2D eigenvalue weighted by Gasteiger charge is -2.18. The summed E-state index contributed by atoms with van der Waals surface area (Å²) < 4.78 is 2.05. The third-order valence-electron chi connectivity index (χ3n) is 3.12. The maximum Gasteiger partial charge on any atom is 0.137 e. The summed E-state index contributed by atoms with van der Waals surface area (Å²) in [6, 6.07) is 6.53. The lowest BCUT2D eigenvalue weighted by molar-refractivity contribution is 0.431. The van der Waals surface area contributed by atoms with Gasteiger partial charge in [-0.2, -0.15) is 0 Å². The first kappa shape index (κ1) is 12.6. The van der Waals surface area contributed by atoms with Crippen molar-refractivity contribution in [1.29, 1.82) is 0 Å². The summed E-state index contributed by atoms with van der Waals surface area (Å²) in [4.78, 5) is 4.56. The van der Waals surface area contributed by atoms with Crippen molar-refractivity contribution < 1.29 is 0 Å². The molecule has 0 bridgehead atoms. The van der Waals surface area contributed by atoms with Crippen LogP contribution in [0.25, 0.3) is 5.65 Å². The van der Waals surface area contributed by atoms with E-state index in [9.17, 15) is 0 Å². The highest BCUT2D eigenvalue weighted by molar-refractivity contribution is 9.09. The van der Waals surface area contributed by atoms with E-state index in [0.717, 1.165) is 23.2 Å². The smallest absolute Gasteiger partial charge is 0.137 e. The molecule has 0 spiro atoms. The van der Waals surface area contributed by atoms with E-state index in [1.807, 2.05) is 24.4 Å². The Balaban J connectivity index is 1.99. The molecule has 2 unspecified atom stereocenters. The fraction of sp³-hybridized carbons (Fsp3) is 0.462. The van der Waals surface area contributed by atoms with Gasteiger partial charge < -0.3 is 9.72 Å². The molecule has 4 heteroatoms. The predicted octanol–water partition coefficient (Wildman–Crippen LogP) is 2.84. The third-order valence-corrected chi connectivity index (χ3v) is 4.14. The minimum absolute atomic E-state index is 0.485. The van der Waals surface area contributed by atoms with Gasteiger partial charge in [-0.3, -0.25) is 0 Å². The molecule has 0 aliphatic rings. The second kappa shape index (κ2) is 5.65. The van der Waals surface area contributed by atoms with E-state index in [-0.39, 0.29) is 0 Å². The summed E-state index contributed by atoms with van der Waals surface area (Å²) in [6.07, 6.45) is 4.10. The van der Waals surface area contributed by atoms with Crippen LogP contribution in [0.1, 0.15) is 19.5 Å². The fourth-order valence-electron chi connectivity index (χ4n) is 1.67. The number of hydrogen-bond donors (Lipinski definition) is 1. The summed E-state index contributed by atoms with van der Waals surface area (Å²) in [5.74, 6) is 0.618. The molecule has 2 heterocycles. The van der Waals surface area contributed by atoms with Gasteiger partial charge >= 0.3 is 0 Å². The van der Waals surface area contributed by atoms with Crippen LogP contribution in [0.3, 0.4) is 0 Å². The van der Waals surface area contributed by atoms with Crippen LogP contribution in [0.5, 0.6) is 0 Å². The molecule has 0 radical (unpaired) electrons. The van der Waals surface area contributed by atoms with E-state index in [2.05, 4.69) is 50.7 Å². The number of rotatable bonds is 5. The molecule has 0 aliphatic heterocycles. The minimum atomic E-state index is 0.485. The first-order valence-corrected chi connectivity index (χ1v) is 7.05. The Morgan fingerprint density at radius 3 is 2.94 bits per heavy atom. The number of hydrogen-bond acceptors (Lipinski definition) is 2. The van der Waals surface area contributed by atoms with Crippen LogP contribution in [-0.4, -0.2) is 20.8 Å². The van der Waals surface area contributed by atoms with Crippen LogP contribution in [0.4, 0.5) is 0 Å². The zero-order valence-corrected chi connectivity index (χ0v) is 11.8. The van der Waals surface area contributed by atoms with Crippen molar-refractivity contribution in [2.24, 2.45) is 5.92 Å². The van der Waals surface area contributed by atoms with Gasteiger partial charge in [-0.25, -0.2) is 4.98 Å². The number of halogens is 1. The molecule has 0 aromatic carbocycles. The summed E-state index contributed by atoms with van der Waals surface area (Å²) in [5, 5.41) is 4.52. The normalized spacial score (nSPS) is 15.0. The van der Waals surface area contributed by atoms with Crippen molar-refractivity contribution in [1.82, 2.24) is 14.7 Å². The molecule has 17 heavy (non-hydrogen) atoms. The predicted molar refractivity (Wildman–Crippen MR) is 74.5 cm³/mol. The Kier molecular flexibility index (Phi) is 4.18. The number of alkyl halides is 1. The van der Waals surface area contributed by atoms with Gasteiger partial charge in [0.05, 0.1) is 5.69 Å². The summed E-state index contributed by atoms with van der Waals surface area (Å²) in [7, 11) is 0. The minimum Gasteiger partial charge on any atom is -0.308 e. The van der Waals surface area contributed by atoms with Crippen molar-refractivity contribution in [2.45, 2.75) is 26.4 Å². The topological polar surface area (TPSA) is 29.3 Å². The number of nitrogens with one attached hydrogen (secondary N) is 1. The zero-order valence-electron chi connectivity index (χ0n) is 10.2. The molecule has 2 rings (SSSR count). The number of aromatic nitrogens is 2. The van der Waals surface area contributed by atoms with Crippen molar-refractivity contribution in [3.8, 4) is 0 Å². The van der Waals surface area contributed by atoms with Gasteiger partial charge in [-0.15, -0.1) is 0 Å². The van der Waals surface area contributed by atoms with Gasteiger partial charge in [0.1, 0.15) is 5.65 Å². The zero-order chi connectivity index (χ0) is 12.3. The number of imidazole rings is 1. The second-order valence-corrected chi connectivity index (χ2v) is 5.15. The van der Waals surface area contributed by atoms with Gasteiger partial charge in [0.15, 0.2) is 0 Å². The van der Waals surface area contributed by atoms with Crippen molar-refractivity contribution in [3.63, 3.8) is 0 Å². The maximum atomic E-state index is 4.56. The molecule has 0 saturated carbocycles. The Labute approximate surface area is 110 Å². The Bertz CT molecular complexity index is 447. The van der Waals surface area contributed by atoms with Gasteiger partial charge in [-0.05, 0) is 25.0 Å². The molecule has 2 aromatic rings. The van der Waals surface area contributed by atoms with Crippen molar-refractivity contribution >= 4 is 21.6 Å². The Morgan fingerprint density at radius 2 is 2.24 bits per heavy atom. The largest absolute Gasteiger partial charge is 0.308 e. The molecule has 3 nitrogen and oxygen atoms in total. The third kappa shape index (κ3) is 3.07. The molecular formula is C13H18BrN3. The van der Waals surface area contributed by atoms with E-state index < -0.39 is 0 Å². The Morgan fingerprint density at radius 1 is 1.41 bits per heavy atom. The molecule has 2 aromatic heterocycles. The highest BCUT2D eigenvalue weighted by Gasteiger charge is 2.10. The van der Waals surface area contributed by atoms with Crippen LogP contribution in [0.2, 0.25) is 0 Å². The van der Waals surface area contributed by atoms with Crippen LogP contribution in [-0.2, 0) is 6.54 Å². The van der Waals surface area contributed by atoms with E-state index in [4.69, 9.17) is 0 Å². The molecular weight excluding hydrogens is 278 g/mol. The van der Waals surface area contributed by atoms with Crippen LogP contribution < -0.4 is 5.32 Å². The molecule has 0 fully saturated rings. The summed E-state index contributed by atoms with van der Waals surface area (Å²) >= 11 is 3.51. The molecule has 92 valence electrons. The van der Waals surface area contributed by atoms with Crippen LogP contribution in [0, 0.1) is 5.92 Å². The standard InChI is InChI=1S/C13H18BrN3/c1-10(7-14)11(2)15-8-12-9-17-6-4-3-5-13(17)16-12/h3-6,9-11,15H,7-8H2,1-2H3. The average Bonchev–Trinajstić information content (AvgIpc) is 2.77. The SMILES string of the molecule is CC(CBr)C(C)NCc1cn2ccccc2n1. The summed E-state index contributed by atoms with van der Waals surface area (Å²) in [5.41, 5.74) is 2.09. The van der Waals surface area contributed by atoms with Crippen molar-refractivity contribution in [2.75, 3.05) is 5.33 Å². The molecule has 0 amide bonds. The second-order valence-electron chi connectivity index (χ2n) is 4.50. The van der Waals surface area contributed by atoms with E-state index in [0.29, 0.717) is 12.0 Å². The fourth-order valence-corrected chi connectivity index (χ4v) is 2.23. The number of nitrogens with zero attached hydrogens (tertiary/aromatic N) is 2. The van der Waals surface area contributed by atoms with Crippen LogP contribution >= 0.6 is 15.9 Å². The summed E-state index contributed by atoms with van der Waals surface area (Å²) in [6.45, 7) is 5.26. The molecule has 0 aliphatic carbocycles. The van der Waals surface area contributed by atoms with Gasteiger partial charge in [0.2, 0.25) is 0 Å². The lowest BCUT2D eigenvalue weighted by atomic mass is 10.1. The first-order valence-electron chi connectivity index (χ1n) is 5.92. The highest BCUT2D eigenvalue weighted by atomic mass is 79.9. The number of fused-ring (bicyclic) bond motifs is 1. The van der Waals surface area contributed by atoms with E-state index >= 15 is 0 Å².